The molecule has 3 heteroatoms. The first-order chi connectivity index (χ1) is 9.96. The van der Waals surface area contributed by atoms with Crippen molar-refractivity contribution in [2.45, 2.75) is 51.0 Å². The Kier molecular flexibility index (Phi) is 3.56. The molecule has 1 saturated heterocycles. The van der Waals surface area contributed by atoms with Crippen molar-refractivity contribution >= 4 is 6.41 Å². The third kappa shape index (κ3) is 2.59. The highest BCUT2D eigenvalue weighted by molar-refractivity contribution is 5.49. The van der Waals surface area contributed by atoms with E-state index >= 15 is 0 Å². The molecule has 1 aliphatic carbocycles. The summed E-state index contributed by atoms with van der Waals surface area (Å²) in [6, 6.07) is 8.42. The van der Waals surface area contributed by atoms with E-state index in [1.807, 2.05) is 4.90 Å². The van der Waals surface area contributed by atoms with Crippen molar-refractivity contribution in [2.24, 2.45) is 5.41 Å². The van der Waals surface area contributed by atoms with E-state index in [4.69, 9.17) is 0 Å². The molecule has 1 aromatic rings. The zero-order chi connectivity index (χ0) is 15.1. The maximum Gasteiger partial charge on any atom is 0.209 e. The second-order valence-electron chi connectivity index (χ2n) is 7.32. The summed E-state index contributed by atoms with van der Waals surface area (Å²) in [6.45, 7) is 6.11. The monoisotopic (exact) mass is 287 g/mol. The molecule has 2 aliphatic rings. The predicted molar refractivity (Wildman–Crippen MR) is 83.0 cm³/mol. The topological polar surface area (TPSA) is 40.5 Å². The number of amides is 1. The number of benzene rings is 1. The Morgan fingerprint density at radius 3 is 2.43 bits per heavy atom. The van der Waals surface area contributed by atoms with E-state index in [9.17, 15) is 9.90 Å². The van der Waals surface area contributed by atoms with Crippen LogP contribution in [-0.2, 0) is 10.4 Å². The average Bonchev–Trinajstić information content (AvgIpc) is 2.46. The van der Waals surface area contributed by atoms with E-state index in [0.29, 0.717) is 5.92 Å². The smallest absolute Gasteiger partial charge is 0.209 e. The van der Waals surface area contributed by atoms with E-state index in [2.05, 4.69) is 38.1 Å². The van der Waals surface area contributed by atoms with Crippen LogP contribution in [0.1, 0.15) is 56.6 Å². The molecule has 1 N–H and O–H groups in total. The number of hydrogen-bond acceptors (Lipinski definition) is 2. The third-order valence-corrected chi connectivity index (χ3v) is 5.45. The number of rotatable bonds is 3. The molecule has 21 heavy (non-hydrogen) atoms. The highest BCUT2D eigenvalue weighted by atomic mass is 16.3. The van der Waals surface area contributed by atoms with Crippen molar-refractivity contribution in [3.8, 4) is 0 Å². The molecule has 1 aliphatic heterocycles. The summed E-state index contributed by atoms with van der Waals surface area (Å²) in [6.07, 6.45) is 4.58. The van der Waals surface area contributed by atoms with E-state index in [0.717, 1.165) is 50.7 Å². The lowest BCUT2D eigenvalue weighted by Crippen LogP contribution is -2.58. The molecule has 0 aromatic heterocycles. The second-order valence-corrected chi connectivity index (χ2v) is 7.32. The first kappa shape index (κ1) is 14.6. The zero-order valence-corrected chi connectivity index (χ0v) is 13.0. The van der Waals surface area contributed by atoms with Gasteiger partial charge in [-0.3, -0.25) is 4.79 Å². The van der Waals surface area contributed by atoms with Gasteiger partial charge in [0.2, 0.25) is 6.41 Å². The summed E-state index contributed by atoms with van der Waals surface area (Å²) < 4.78 is 0. The van der Waals surface area contributed by atoms with Crippen LogP contribution in [0.3, 0.4) is 0 Å². The van der Waals surface area contributed by atoms with Crippen molar-refractivity contribution < 1.29 is 9.90 Å². The Morgan fingerprint density at radius 2 is 1.86 bits per heavy atom. The Hall–Kier alpha value is -1.35. The molecule has 114 valence electrons. The molecule has 1 spiro atoms. The molecule has 0 radical (unpaired) electrons. The molecule has 3 rings (SSSR count). The van der Waals surface area contributed by atoms with Gasteiger partial charge in [-0.2, -0.15) is 0 Å². The van der Waals surface area contributed by atoms with Crippen molar-refractivity contribution in [1.29, 1.82) is 0 Å². The normalized spacial score (nSPS) is 23.1. The highest BCUT2D eigenvalue weighted by Gasteiger charge is 2.48. The summed E-state index contributed by atoms with van der Waals surface area (Å²) >= 11 is 0. The fraction of sp³-hybridized carbons (Fsp3) is 0.611. The van der Waals surface area contributed by atoms with Crippen LogP contribution in [0.15, 0.2) is 24.3 Å². The summed E-state index contributed by atoms with van der Waals surface area (Å²) in [5, 5.41) is 11.0. The fourth-order valence-electron chi connectivity index (χ4n) is 3.88. The lowest BCUT2D eigenvalue weighted by molar-refractivity contribution is -0.137. The summed E-state index contributed by atoms with van der Waals surface area (Å²) in [5.41, 5.74) is 1.95. The maximum absolute atomic E-state index is 11.0. The fourth-order valence-corrected chi connectivity index (χ4v) is 3.88. The van der Waals surface area contributed by atoms with Gasteiger partial charge in [-0.1, -0.05) is 38.1 Å². The van der Waals surface area contributed by atoms with Gasteiger partial charge in [0.25, 0.3) is 0 Å². The van der Waals surface area contributed by atoms with Crippen LogP contribution in [0.25, 0.3) is 0 Å². The van der Waals surface area contributed by atoms with Gasteiger partial charge in [0.15, 0.2) is 0 Å². The van der Waals surface area contributed by atoms with Crippen molar-refractivity contribution in [1.82, 2.24) is 4.90 Å². The minimum atomic E-state index is -0.683. The summed E-state index contributed by atoms with van der Waals surface area (Å²) in [4.78, 5) is 12.6. The SMILES string of the molecule is CC(C)c1cccc(C2(O)CCC3(CC2)CN(C=O)C3)c1. The molecular formula is C18H25NO2. The van der Waals surface area contributed by atoms with E-state index < -0.39 is 5.60 Å². The minimum Gasteiger partial charge on any atom is -0.385 e. The van der Waals surface area contributed by atoms with Crippen molar-refractivity contribution in [3.05, 3.63) is 35.4 Å². The van der Waals surface area contributed by atoms with Gasteiger partial charge in [0, 0.05) is 18.5 Å². The van der Waals surface area contributed by atoms with E-state index in [-0.39, 0.29) is 5.41 Å². The lowest BCUT2D eigenvalue weighted by Gasteiger charge is -2.53. The molecule has 0 bridgehead atoms. The standard InChI is InChI=1S/C18H25NO2/c1-14(2)15-4-3-5-16(10-15)18(21)8-6-17(7-9-18)11-19(12-17)13-20/h3-5,10,13-14,21H,6-9,11-12H2,1-2H3. The number of likely N-dealkylation sites (tertiary alicyclic amines) is 1. The first-order valence-electron chi connectivity index (χ1n) is 7.99. The van der Waals surface area contributed by atoms with Gasteiger partial charge < -0.3 is 10.0 Å². The summed E-state index contributed by atoms with van der Waals surface area (Å²) in [7, 11) is 0. The highest BCUT2D eigenvalue weighted by Crippen LogP contribution is 2.49. The van der Waals surface area contributed by atoms with E-state index in [1.54, 1.807) is 0 Å². The number of carbonyl (C=O) groups excluding carboxylic acids is 1. The molecule has 2 fully saturated rings. The number of aliphatic hydroxyl groups is 1. The van der Waals surface area contributed by atoms with Gasteiger partial charge in [0.05, 0.1) is 5.60 Å². The number of hydrogen-bond donors (Lipinski definition) is 1. The molecule has 0 unspecified atom stereocenters. The Bertz CT molecular complexity index is 522. The van der Waals surface area contributed by atoms with Crippen LogP contribution in [0.5, 0.6) is 0 Å². The lowest BCUT2D eigenvalue weighted by atomic mass is 9.63. The average molecular weight is 287 g/mol. The van der Waals surface area contributed by atoms with Crippen LogP contribution >= 0.6 is 0 Å². The number of carbonyl (C=O) groups is 1. The van der Waals surface area contributed by atoms with Crippen LogP contribution in [0, 0.1) is 5.41 Å². The summed E-state index contributed by atoms with van der Waals surface area (Å²) in [5.74, 6) is 0.483. The molecular weight excluding hydrogens is 262 g/mol. The Morgan fingerprint density at radius 1 is 1.19 bits per heavy atom. The van der Waals surface area contributed by atoms with E-state index in [1.165, 1.54) is 5.56 Å². The zero-order valence-electron chi connectivity index (χ0n) is 13.0. The molecule has 1 heterocycles. The second kappa shape index (κ2) is 5.13. The van der Waals surface area contributed by atoms with Gasteiger partial charge >= 0.3 is 0 Å². The van der Waals surface area contributed by atoms with Gasteiger partial charge in [-0.25, -0.2) is 0 Å². The van der Waals surface area contributed by atoms with Crippen LogP contribution in [-0.4, -0.2) is 29.5 Å². The van der Waals surface area contributed by atoms with Crippen LogP contribution in [0.2, 0.25) is 0 Å². The number of nitrogens with zero attached hydrogens (tertiary/aromatic N) is 1. The predicted octanol–water partition coefficient (Wildman–Crippen LogP) is 3.03. The van der Waals surface area contributed by atoms with Gasteiger partial charge in [-0.15, -0.1) is 0 Å². The Balaban J connectivity index is 1.72. The third-order valence-electron chi connectivity index (χ3n) is 5.45. The quantitative estimate of drug-likeness (QED) is 0.868. The van der Waals surface area contributed by atoms with Gasteiger partial charge in [-0.05, 0) is 42.7 Å². The first-order valence-corrected chi connectivity index (χ1v) is 7.99. The van der Waals surface area contributed by atoms with Crippen molar-refractivity contribution in [3.63, 3.8) is 0 Å². The molecule has 1 aromatic carbocycles. The molecule has 1 amide bonds. The Labute approximate surface area is 127 Å². The van der Waals surface area contributed by atoms with Crippen LogP contribution in [0.4, 0.5) is 0 Å². The largest absolute Gasteiger partial charge is 0.385 e. The molecule has 3 nitrogen and oxygen atoms in total. The van der Waals surface area contributed by atoms with Crippen molar-refractivity contribution in [2.75, 3.05) is 13.1 Å². The molecule has 1 saturated carbocycles. The van der Waals surface area contributed by atoms with Crippen LogP contribution < -0.4 is 0 Å². The molecule has 0 atom stereocenters. The minimum absolute atomic E-state index is 0.281. The maximum atomic E-state index is 11.0. The van der Waals surface area contributed by atoms with Gasteiger partial charge in [0.1, 0.15) is 0 Å².